The van der Waals surface area contributed by atoms with Gasteiger partial charge in [-0.25, -0.2) is 0 Å². The summed E-state index contributed by atoms with van der Waals surface area (Å²) in [5, 5.41) is 2.26. The molecule has 3 amide bonds. The van der Waals surface area contributed by atoms with Gasteiger partial charge in [0, 0.05) is 10.2 Å². The molecule has 1 saturated heterocycles. The third-order valence-electron chi connectivity index (χ3n) is 5.04. The van der Waals surface area contributed by atoms with Gasteiger partial charge in [0.25, 0.3) is 11.1 Å². The number of amides is 3. The molecule has 9 heteroatoms. The van der Waals surface area contributed by atoms with E-state index in [9.17, 15) is 14.4 Å². The maximum absolute atomic E-state index is 12.8. The maximum atomic E-state index is 12.8. The van der Waals surface area contributed by atoms with E-state index in [4.69, 9.17) is 4.74 Å². The summed E-state index contributed by atoms with van der Waals surface area (Å²) in [6.07, 6.45) is 1.66. The summed E-state index contributed by atoms with van der Waals surface area (Å²) in [6, 6.07) is 20.8. The average molecular weight is 663 g/mol. The van der Waals surface area contributed by atoms with E-state index in [1.807, 2.05) is 67.6 Å². The van der Waals surface area contributed by atoms with E-state index in [1.54, 1.807) is 12.1 Å². The Labute approximate surface area is 229 Å². The zero-order valence-electron chi connectivity index (χ0n) is 18.6. The lowest BCUT2D eigenvalue weighted by Crippen LogP contribution is -2.36. The Kier molecular flexibility index (Phi) is 8.30. The van der Waals surface area contributed by atoms with Crippen molar-refractivity contribution in [3.63, 3.8) is 0 Å². The topological polar surface area (TPSA) is 75.7 Å². The maximum Gasteiger partial charge on any atom is 0.294 e. The van der Waals surface area contributed by atoms with Crippen LogP contribution in [0, 0.1) is 10.5 Å². The second-order valence-corrected chi connectivity index (χ2v) is 10.9. The van der Waals surface area contributed by atoms with Crippen molar-refractivity contribution in [3.05, 3.63) is 96.4 Å². The number of rotatable bonds is 7. The van der Waals surface area contributed by atoms with Crippen LogP contribution in [-0.2, 0) is 16.2 Å². The molecule has 35 heavy (non-hydrogen) atoms. The predicted octanol–water partition coefficient (Wildman–Crippen LogP) is 6.62. The van der Waals surface area contributed by atoms with Gasteiger partial charge < -0.3 is 10.1 Å². The SMILES string of the molecule is Cc1cccc(NC(=O)CN2C(=O)S/C(=C\c3ccc(OCc4ccc(Br)cc4)c(I)c3)C2=O)c1. The lowest BCUT2D eigenvalue weighted by atomic mass is 10.2. The summed E-state index contributed by atoms with van der Waals surface area (Å²) < 4.78 is 7.81. The highest BCUT2D eigenvalue weighted by atomic mass is 127. The number of nitrogens with one attached hydrogen (secondary N) is 1. The second kappa shape index (κ2) is 11.4. The Morgan fingerprint density at radius 1 is 1.11 bits per heavy atom. The molecule has 0 aliphatic carbocycles. The monoisotopic (exact) mass is 662 g/mol. The van der Waals surface area contributed by atoms with Gasteiger partial charge in [0.2, 0.25) is 5.91 Å². The summed E-state index contributed by atoms with van der Waals surface area (Å²) in [5.41, 5.74) is 3.43. The van der Waals surface area contributed by atoms with Gasteiger partial charge in [-0.15, -0.1) is 0 Å². The van der Waals surface area contributed by atoms with Crippen LogP contribution in [0.4, 0.5) is 10.5 Å². The van der Waals surface area contributed by atoms with Crippen LogP contribution in [0.2, 0.25) is 0 Å². The van der Waals surface area contributed by atoms with Crippen molar-refractivity contribution in [2.45, 2.75) is 13.5 Å². The first-order chi connectivity index (χ1) is 16.8. The van der Waals surface area contributed by atoms with Crippen molar-refractivity contribution in [1.29, 1.82) is 0 Å². The molecular formula is C26H20BrIN2O4S. The van der Waals surface area contributed by atoms with Gasteiger partial charge in [-0.2, -0.15) is 0 Å². The average Bonchev–Trinajstić information content (AvgIpc) is 3.07. The van der Waals surface area contributed by atoms with Crippen LogP contribution in [0.5, 0.6) is 5.75 Å². The molecule has 1 heterocycles. The van der Waals surface area contributed by atoms with Crippen molar-refractivity contribution in [2.75, 3.05) is 11.9 Å². The molecule has 1 N–H and O–H groups in total. The minimum Gasteiger partial charge on any atom is -0.488 e. The summed E-state index contributed by atoms with van der Waals surface area (Å²) in [6.45, 7) is 2.02. The van der Waals surface area contributed by atoms with E-state index in [-0.39, 0.29) is 11.4 Å². The Morgan fingerprint density at radius 3 is 2.60 bits per heavy atom. The van der Waals surface area contributed by atoms with Gasteiger partial charge in [-0.1, -0.05) is 46.3 Å². The number of benzene rings is 3. The fraction of sp³-hybridized carbons (Fsp3) is 0.115. The van der Waals surface area contributed by atoms with E-state index in [0.29, 0.717) is 12.3 Å². The lowest BCUT2D eigenvalue weighted by Gasteiger charge is -2.12. The molecule has 0 bridgehead atoms. The third-order valence-corrected chi connectivity index (χ3v) is 7.32. The van der Waals surface area contributed by atoms with Crippen LogP contribution in [0.3, 0.4) is 0 Å². The van der Waals surface area contributed by atoms with Crippen molar-refractivity contribution in [1.82, 2.24) is 4.90 Å². The first-order valence-corrected chi connectivity index (χ1v) is 13.3. The van der Waals surface area contributed by atoms with Gasteiger partial charge in [0.05, 0.1) is 8.48 Å². The van der Waals surface area contributed by atoms with Crippen LogP contribution in [0.15, 0.2) is 76.1 Å². The molecule has 0 radical (unpaired) electrons. The van der Waals surface area contributed by atoms with Gasteiger partial charge >= 0.3 is 0 Å². The summed E-state index contributed by atoms with van der Waals surface area (Å²) in [5.74, 6) is -0.183. The molecule has 0 aromatic heterocycles. The fourth-order valence-electron chi connectivity index (χ4n) is 3.32. The van der Waals surface area contributed by atoms with Gasteiger partial charge in [-0.05, 0) is 100 Å². The van der Waals surface area contributed by atoms with Crippen LogP contribution in [0.1, 0.15) is 16.7 Å². The number of hydrogen-bond acceptors (Lipinski definition) is 5. The largest absolute Gasteiger partial charge is 0.488 e. The first kappa shape index (κ1) is 25.5. The summed E-state index contributed by atoms with van der Waals surface area (Å²) >= 11 is 6.42. The number of ether oxygens (including phenoxy) is 1. The third kappa shape index (κ3) is 6.74. The molecule has 1 aliphatic heterocycles. The zero-order chi connectivity index (χ0) is 24.9. The molecule has 3 aromatic rings. The number of nitrogens with zero attached hydrogens (tertiary/aromatic N) is 1. The normalized spacial score (nSPS) is 14.5. The highest BCUT2D eigenvalue weighted by molar-refractivity contribution is 14.1. The number of thioether (sulfide) groups is 1. The molecule has 4 rings (SSSR count). The highest BCUT2D eigenvalue weighted by Gasteiger charge is 2.36. The molecule has 0 unspecified atom stereocenters. The van der Waals surface area contributed by atoms with E-state index in [2.05, 4.69) is 43.8 Å². The smallest absolute Gasteiger partial charge is 0.294 e. The van der Waals surface area contributed by atoms with E-state index < -0.39 is 17.1 Å². The number of halogens is 2. The van der Waals surface area contributed by atoms with Gasteiger partial charge in [0.1, 0.15) is 18.9 Å². The molecule has 0 spiro atoms. The van der Waals surface area contributed by atoms with E-state index in [0.717, 1.165) is 47.1 Å². The van der Waals surface area contributed by atoms with Crippen molar-refractivity contribution >= 4 is 79.1 Å². The quantitative estimate of drug-likeness (QED) is 0.228. The Bertz CT molecular complexity index is 1330. The summed E-state index contributed by atoms with van der Waals surface area (Å²) in [4.78, 5) is 38.8. The summed E-state index contributed by atoms with van der Waals surface area (Å²) in [7, 11) is 0. The number of carbonyl (C=O) groups is 3. The molecule has 0 saturated carbocycles. The number of carbonyl (C=O) groups excluding carboxylic acids is 3. The van der Waals surface area contributed by atoms with E-state index >= 15 is 0 Å². The lowest BCUT2D eigenvalue weighted by molar-refractivity contribution is -0.127. The molecular weight excluding hydrogens is 643 g/mol. The molecule has 1 aliphatic rings. The Morgan fingerprint density at radius 2 is 1.89 bits per heavy atom. The molecule has 3 aromatic carbocycles. The van der Waals surface area contributed by atoms with Crippen LogP contribution in [0.25, 0.3) is 6.08 Å². The minimum atomic E-state index is -0.482. The second-order valence-electron chi connectivity index (χ2n) is 7.79. The minimum absolute atomic E-state index is 0.276. The van der Waals surface area contributed by atoms with Gasteiger partial charge in [-0.3, -0.25) is 19.3 Å². The number of aryl methyl sites for hydroxylation is 1. The van der Waals surface area contributed by atoms with Crippen LogP contribution >= 0.6 is 50.3 Å². The molecule has 6 nitrogen and oxygen atoms in total. The van der Waals surface area contributed by atoms with Crippen LogP contribution in [-0.4, -0.2) is 28.5 Å². The number of imide groups is 1. The highest BCUT2D eigenvalue weighted by Crippen LogP contribution is 2.33. The fourth-order valence-corrected chi connectivity index (χ4v) is 5.12. The number of hydrogen-bond donors (Lipinski definition) is 1. The first-order valence-electron chi connectivity index (χ1n) is 10.6. The standard InChI is InChI=1S/C26H20BrIN2O4S/c1-16-3-2-4-20(11-16)29-24(31)14-30-25(32)23(35-26(30)33)13-18-7-10-22(21(28)12-18)34-15-17-5-8-19(27)9-6-17/h2-13H,14-15H2,1H3,(H,29,31)/b23-13-. The molecule has 0 atom stereocenters. The van der Waals surface area contributed by atoms with Crippen molar-refractivity contribution < 1.29 is 19.1 Å². The van der Waals surface area contributed by atoms with Crippen molar-refractivity contribution in [2.24, 2.45) is 0 Å². The number of anilines is 1. The van der Waals surface area contributed by atoms with E-state index in [1.165, 1.54) is 0 Å². The zero-order valence-corrected chi connectivity index (χ0v) is 23.1. The molecule has 1 fully saturated rings. The molecule has 178 valence electrons. The Hall–Kier alpha value is -2.63. The van der Waals surface area contributed by atoms with Gasteiger partial charge in [0.15, 0.2) is 0 Å². The van der Waals surface area contributed by atoms with Crippen LogP contribution < -0.4 is 10.1 Å². The Balaban J connectivity index is 1.39. The predicted molar refractivity (Wildman–Crippen MR) is 150 cm³/mol. The van der Waals surface area contributed by atoms with Crippen molar-refractivity contribution in [3.8, 4) is 5.75 Å².